The van der Waals surface area contributed by atoms with E-state index < -0.39 is 30.3 Å². The molecule has 1 N–H and O–H groups in total. The Morgan fingerprint density at radius 1 is 1.14 bits per heavy atom. The van der Waals surface area contributed by atoms with Crippen LogP contribution in [0, 0.1) is 0 Å². The van der Waals surface area contributed by atoms with Gasteiger partial charge >= 0.3 is 0 Å². The van der Waals surface area contributed by atoms with E-state index in [1.807, 2.05) is 18.4 Å². The molecule has 198 valence electrons. The Balaban J connectivity index is 1.42. The van der Waals surface area contributed by atoms with Crippen molar-refractivity contribution in [2.24, 2.45) is 0 Å². The minimum absolute atomic E-state index is 0.0205. The number of anilines is 1. The number of fused-ring (bicyclic) bond motifs is 3. The lowest BCUT2D eigenvalue weighted by atomic mass is 9.70. The molecule has 0 amide bonds. The molecule has 0 aliphatic carbocycles. The first-order chi connectivity index (χ1) is 17.8. The zero-order valence-electron chi connectivity index (χ0n) is 21.7. The van der Waals surface area contributed by atoms with Crippen LogP contribution in [0.25, 0.3) is 11.2 Å². The minimum Gasteiger partial charge on any atom is -0.394 e. The fourth-order valence-electron chi connectivity index (χ4n) is 6.52. The third-order valence-corrected chi connectivity index (χ3v) is 8.27. The molecule has 10 heteroatoms. The van der Waals surface area contributed by atoms with E-state index in [9.17, 15) is 5.11 Å². The second-order valence-corrected chi connectivity index (χ2v) is 11.2. The van der Waals surface area contributed by atoms with E-state index in [1.165, 1.54) is 11.1 Å². The van der Waals surface area contributed by atoms with Crippen molar-refractivity contribution in [2.45, 2.75) is 89.2 Å². The number of rotatable bonds is 6. The van der Waals surface area contributed by atoms with Crippen LogP contribution in [0.15, 0.2) is 30.6 Å². The zero-order valence-corrected chi connectivity index (χ0v) is 22.5. The quantitative estimate of drug-likeness (QED) is 0.473. The summed E-state index contributed by atoms with van der Waals surface area (Å²) in [6, 6.07) is 8.73. The molecule has 37 heavy (non-hydrogen) atoms. The van der Waals surface area contributed by atoms with Gasteiger partial charge in [-0.3, -0.25) is 4.57 Å². The molecule has 6 rings (SSSR count). The third kappa shape index (κ3) is 4.03. The Morgan fingerprint density at radius 2 is 1.92 bits per heavy atom. The number of aromatic nitrogens is 4. The van der Waals surface area contributed by atoms with Crippen LogP contribution in [0.3, 0.4) is 0 Å². The number of ether oxygens (including phenoxy) is 3. The summed E-state index contributed by atoms with van der Waals surface area (Å²) in [7, 11) is 0. The van der Waals surface area contributed by atoms with E-state index in [2.05, 4.69) is 53.0 Å². The lowest BCUT2D eigenvalue weighted by Crippen LogP contribution is -2.46. The smallest absolute Gasteiger partial charge is 0.226 e. The second-order valence-electron chi connectivity index (χ2n) is 10.8. The first kappa shape index (κ1) is 25.0. The molecule has 5 unspecified atom stereocenters. The largest absolute Gasteiger partial charge is 0.394 e. The SMILES string of the molecule is CCCC1(CC)CN(c2nc(Cl)nc3c2ncn3C2OC(CO)C3OC(C)(C)OC32)Cc2ccccc21. The molecule has 2 saturated heterocycles. The van der Waals surface area contributed by atoms with Crippen molar-refractivity contribution >= 4 is 28.6 Å². The van der Waals surface area contributed by atoms with E-state index in [0.717, 1.165) is 32.4 Å². The maximum absolute atomic E-state index is 9.93. The molecule has 0 spiro atoms. The van der Waals surface area contributed by atoms with E-state index in [0.29, 0.717) is 17.0 Å². The molecule has 2 aromatic heterocycles. The van der Waals surface area contributed by atoms with Gasteiger partial charge in [0.05, 0.1) is 12.9 Å². The van der Waals surface area contributed by atoms with Crippen LogP contribution in [0.1, 0.15) is 64.3 Å². The molecule has 0 radical (unpaired) electrons. The monoisotopic (exact) mass is 527 g/mol. The Kier molecular flexibility index (Phi) is 6.19. The topological polar surface area (TPSA) is 94.8 Å². The average molecular weight is 528 g/mol. The van der Waals surface area contributed by atoms with Crippen molar-refractivity contribution in [3.63, 3.8) is 0 Å². The molecule has 3 aromatic rings. The van der Waals surface area contributed by atoms with Crippen molar-refractivity contribution in [3.05, 3.63) is 47.0 Å². The summed E-state index contributed by atoms with van der Waals surface area (Å²) in [6.45, 7) is 9.61. The van der Waals surface area contributed by atoms with E-state index in [1.54, 1.807) is 6.33 Å². The van der Waals surface area contributed by atoms with Crippen LogP contribution >= 0.6 is 11.6 Å². The van der Waals surface area contributed by atoms with Crippen LogP contribution in [0.5, 0.6) is 0 Å². The van der Waals surface area contributed by atoms with Crippen molar-refractivity contribution in [1.82, 2.24) is 19.5 Å². The van der Waals surface area contributed by atoms with Gasteiger partial charge in [-0.05, 0) is 49.4 Å². The van der Waals surface area contributed by atoms with Crippen LogP contribution in [-0.4, -0.2) is 61.9 Å². The summed E-state index contributed by atoms with van der Waals surface area (Å²) in [5.74, 6) is -0.0579. The Bertz CT molecular complexity index is 1320. The number of hydrogen-bond donors (Lipinski definition) is 1. The fraction of sp³-hybridized carbons (Fsp3) is 0.593. The van der Waals surface area contributed by atoms with Gasteiger partial charge in [0.2, 0.25) is 5.28 Å². The summed E-state index contributed by atoms with van der Waals surface area (Å²) >= 11 is 6.53. The van der Waals surface area contributed by atoms with Crippen LogP contribution in [-0.2, 0) is 26.2 Å². The molecule has 2 fully saturated rings. The van der Waals surface area contributed by atoms with Gasteiger partial charge in [-0.25, -0.2) is 4.98 Å². The van der Waals surface area contributed by atoms with Gasteiger partial charge < -0.3 is 24.2 Å². The number of benzene rings is 1. The highest BCUT2D eigenvalue weighted by atomic mass is 35.5. The van der Waals surface area contributed by atoms with Gasteiger partial charge in [-0.2, -0.15) is 9.97 Å². The Labute approximate surface area is 221 Å². The third-order valence-electron chi connectivity index (χ3n) is 8.10. The van der Waals surface area contributed by atoms with Gasteiger partial charge in [-0.15, -0.1) is 0 Å². The predicted molar refractivity (Wildman–Crippen MR) is 140 cm³/mol. The molecule has 0 bridgehead atoms. The molecule has 3 aliphatic rings. The lowest BCUT2D eigenvalue weighted by Gasteiger charge is -2.44. The molecular formula is C27H34ClN5O4. The molecule has 9 nitrogen and oxygen atoms in total. The second kappa shape index (κ2) is 9.17. The van der Waals surface area contributed by atoms with Crippen LogP contribution in [0.4, 0.5) is 5.82 Å². The van der Waals surface area contributed by atoms with E-state index >= 15 is 0 Å². The van der Waals surface area contributed by atoms with Gasteiger partial charge in [-0.1, -0.05) is 44.5 Å². The van der Waals surface area contributed by atoms with Gasteiger partial charge in [0.1, 0.15) is 18.3 Å². The molecule has 3 aliphatic heterocycles. The number of nitrogens with zero attached hydrogens (tertiary/aromatic N) is 5. The summed E-state index contributed by atoms with van der Waals surface area (Å²) in [5.41, 5.74) is 3.99. The number of imidazole rings is 1. The lowest BCUT2D eigenvalue weighted by molar-refractivity contribution is -0.199. The number of halogens is 1. The van der Waals surface area contributed by atoms with Gasteiger partial charge in [0, 0.05) is 18.5 Å². The normalized spacial score (nSPS) is 30.6. The van der Waals surface area contributed by atoms with E-state index in [-0.39, 0.29) is 17.3 Å². The number of aliphatic hydroxyl groups excluding tert-OH is 1. The molecule has 5 heterocycles. The van der Waals surface area contributed by atoms with E-state index in [4.69, 9.17) is 30.8 Å². The maximum Gasteiger partial charge on any atom is 0.226 e. The van der Waals surface area contributed by atoms with Crippen molar-refractivity contribution in [1.29, 1.82) is 0 Å². The molecule has 0 saturated carbocycles. The number of hydrogen-bond acceptors (Lipinski definition) is 8. The molecule has 5 atom stereocenters. The van der Waals surface area contributed by atoms with Crippen molar-refractivity contribution in [3.8, 4) is 0 Å². The summed E-state index contributed by atoms with van der Waals surface area (Å²) in [5, 5.41) is 10.1. The summed E-state index contributed by atoms with van der Waals surface area (Å²) in [6.07, 6.45) is 3.02. The Morgan fingerprint density at radius 3 is 2.68 bits per heavy atom. The fourth-order valence-corrected chi connectivity index (χ4v) is 6.68. The van der Waals surface area contributed by atoms with Gasteiger partial charge in [0.25, 0.3) is 0 Å². The highest BCUT2D eigenvalue weighted by molar-refractivity contribution is 6.28. The van der Waals surface area contributed by atoms with Crippen LogP contribution in [0.2, 0.25) is 5.28 Å². The maximum atomic E-state index is 9.93. The minimum atomic E-state index is -0.775. The van der Waals surface area contributed by atoms with Crippen molar-refractivity contribution in [2.75, 3.05) is 18.1 Å². The summed E-state index contributed by atoms with van der Waals surface area (Å²) < 4.78 is 20.2. The van der Waals surface area contributed by atoms with Gasteiger partial charge in [0.15, 0.2) is 29.0 Å². The molecular weight excluding hydrogens is 494 g/mol. The Hall–Kier alpha value is -2.30. The standard InChI is InChI=1S/C27H34ClN5O4/c1-5-11-27(6-2)14-32(12-16-9-7-8-10-17(16)27)22-19-23(31-25(28)30-22)33(15-29-19)24-21-20(18(13-34)35-24)36-26(3,4)37-21/h7-10,15,18,20-21,24,34H,5-6,11-14H2,1-4H3. The first-order valence-corrected chi connectivity index (χ1v) is 13.5. The number of aliphatic hydroxyl groups is 1. The predicted octanol–water partition coefficient (Wildman–Crippen LogP) is 4.36. The highest BCUT2D eigenvalue weighted by Crippen LogP contribution is 2.45. The van der Waals surface area contributed by atoms with Crippen molar-refractivity contribution < 1.29 is 19.3 Å². The summed E-state index contributed by atoms with van der Waals surface area (Å²) in [4.78, 5) is 16.3. The average Bonchev–Trinajstić information content (AvgIpc) is 3.53. The molecule has 1 aromatic carbocycles. The highest BCUT2D eigenvalue weighted by Gasteiger charge is 2.56. The first-order valence-electron chi connectivity index (χ1n) is 13.1. The zero-order chi connectivity index (χ0) is 25.9. The van der Waals surface area contributed by atoms with Crippen LogP contribution < -0.4 is 4.90 Å².